The van der Waals surface area contributed by atoms with Crippen molar-refractivity contribution >= 4 is 11.6 Å². The molecule has 0 aliphatic heterocycles. The predicted octanol–water partition coefficient (Wildman–Crippen LogP) is 2.89. The Balaban J connectivity index is 1.55. The standard InChI is InChI=1S/C21H18N6O2/c1-13-6-8-17(9-7-13)27-12-18(25-26-27)21(29)23-16-5-3-4-15(11-16)20-22-14(2)10-19(28)24-20/h3-12H,1-2H3,(H,23,29)(H,22,24,28). The van der Waals surface area contributed by atoms with Crippen molar-refractivity contribution in [3.05, 3.63) is 88.1 Å². The highest BCUT2D eigenvalue weighted by molar-refractivity contribution is 6.02. The Morgan fingerprint density at radius 2 is 1.86 bits per heavy atom. The minimum Gasteiger partial charge on any atom is -0.321 e. The smallest absolute Gasteiger partial charge is 0.277 e. The molecule has 0 bridgehead atoms. The van der Waals surface area contributed by atoms with E-state index in [-0.39, 0.29) is 17.2 Å². The summed E-state index contributed by atoms with van der Waals surface area (Å²) in [6, 6.07) is 16.2. The zero-order valence-corrected chi connectivity index (χ0v) is 15.9. The molecule has 0 aliphatic rings. The van der Waals surface area contributed by atoms with E-state index in [4.69, 9.17) is 0 Å². The second-order valence-electron chi connectivity index (χ2n) is 6.65. The summed E-state index contributed by atoms with van der Waals surface area (Å²) in [4.78, 5) is 31.3. The van der Waals surface area contributed by atoms with Crippen LogP contribution in [0.15, 0.2) is 65.6 Å². The first-order valence-electron chi connectivity index (χ1n) is 8.97. The molecule has 2 aromatic heterocycles. The van der Waals surface area contributed by atoms with E-state index in [0.29, 0.717) is 22.8 Å². The molecule has 8 nitrogen and oxygen atoms in total. The second-order valence-corrected chi connectivity index (χ2v) is 6.65. The number of hydrogen-bond acceptors (Lipinski definition) is 5. The molecule has 0 radical (unpaired) electrons. The van der Waals surface area contributed by atoms with E-state index in [1.165, 1.54) is 6.07 Å². The van der Waals surface area contributed by atoms with Gasteiger partial charge in [-0.2, -0.15) is 0 Å². The number of rotatable bonds is 4. The van der Waals surface area contributed by atoms with Gasteiger partial charge in [0.1, 0.15) is 5.82 Å². The van der Waals surface area contributed by atoms with E-state index in [0.717, 1.165) is 11.3 Å². The van der Waals surface area contributed by atoms with Crippen LogP contribution in [0, 0.1) is 13.8 Å². The molecular formula is C21H18N6O2. The average Bonchev–Trinajstić information content (AvgIpc) is 3.18. The number of aryl methyl sites for hydroxylation is 2. The number of amides is 1. The predicted molar refractivity (Wildman–Crippen MR) is 109 cm³/mol. The second kappa shape index (κ2) is 7.51. The highest BCUT2D eigenvalue weighted by Crippen LogP contribution is 2.19. The third-order valence-corrected chi connectivity index (χ3v) is 4.29. The fourth-order valence-corrected chi connectivity index (χ4v) is 2.85. The summed E-state index contributed by atoms with van der Waals surface area (Å²) in [5.74, 6) is 0.0580. The molecule has 4 aromatic rings. The first kappa shape index (κ1) is 18.3. The van der Waals surface area contributed by atoms with Gasteiger partial charge in [-0.3, -0.25) is 9.59 Å². The number of nitrogens with one attached hydrogen (secondary N) is 2. The number of nitrogens with zero attached hydrogens (tertiary/aromatic N) is 4. The van der Waals surface area contributed by atoms with Crippen molar-refractivity contribution in [3.8, 4) is 17.1 Å². The summed E-state index contributed by atoms with van der Waals surface area (Å²) in [7, 11) is 0. The van der Waals surface area contributed by atoms with Crippen LogP contribution in [0.3, 0.4) is 0 Å². The van der Waals surface area contributed by atoms with Crippen LogP contribution in [0.25, 0.3) is 17.1 Å². The largest absolute Gasteiger partial charge is 0.321 e. The van der Waals surface area contributed by atoms with Crippen molar-refractivity contribution in [2.24, 2.45) is 0 Å². The SMILES string of the molecule is Cc1ccc(-n2cc(C(=O)Nc3cccc(-c4nc(C)cc(=O)[nH]4)c3)nn2)cc1. The summed E-state index contributed by atoms with van der Waals surface area (Å²) in [5, 5.41) is 10.8. The molecule has 2 heterocycles. The summed E-state index contributed by atoms with van der Waals surface area (Å²) in [6.45, 7) is 3.75. The molecule has 1 amide bonds. The van der Waals surface area contributed by atoms with Gasteiger partial charge in [0.05, 0.1) is 11.9 Å². The zero-order valence-electron chi connectivity index (χ0n) is 15.9. The van der Waals surface area contributed by atoms with Gasteiger partial charge in [0.15, 0.2) is 5.69 Å². The van der Waals surface area contributed by atoms with Gasteiger partial charge >= 0.3 is 0 Å². The van der Waals surface area contributed by atoms with E-state index >= 15 is 0 Å². The molecule has 4 rings (SSSR count). The van der Waals surface area contributed by atoms with Gasteiger partial charge in [-0.1, -0.05) is 35.0 Å². The third-order valence-electron chi connectivity index (χ3n) is 4.29. The van der Waals surface area contributed by atoms with Gasteiger partial charge in [0, 0.05) is 23.0 Å². The van der Waals surface area contributed by atoms with Crippen LogP contribution in [0.4, 0.5) is 5.69 Å². The number of benzene rings is 2. The Morgan fingerprint density at radius 1 is 1.07 bits per heavy atom. The molecule has 0 unspecified atom stereocenters. The minimum absolute atomic E-state index is 0.193. The van der Waals surface area contributed by atoms with Crippen LogP contribution in [0.5, 0.6) is 0 Å². The lowest BCUT2D eigenvalue weighted by Crippen LogP contribution is -2.13. The number of hydrogen-bond donors (Lipinski definition) is 2. The molecule has 0 spiro atoms. The van der Waals surface area contributed by atoms with Crippen molar-refractivity contribution < 1.29 is 4.79 Å². The van der Waals surface area contributed by atoms with E-state index in [2.05, 4.69) is 25.6 Å². The molecule has 0 fully saturated rings. The van der Waals surface area contributed by atoms with E-state index < -0.39 is 0 Å². The molecule has 29 heavy (non-hydrogen) atoms. The fraction of sp³-hybridized carbons (Fsp3) is 0.0952. The average molecular weight is 386 g/mol. The lowest BCUT2D eigenvalue weighted by molar-refractivity contribution is 0.102. The lowest BCUT2D eigenvalue weighted by Gasteiger charge is -2.06. The van der Waals surface area contributed by atoms with E-state index in [1.807, 2.05) is 31.2 Å². The van der Waals surface area contributed by atoms with Crippen molar-refractivity contribution in [1.82, 2.24) is 25.0 Å². The monoisotopic (exact) mass is 386 g/mol. The molecule has 0 saturated carbocycles. The van der Waals surface area contributed by atoms with Crippen molar-refractivity contribution in [2.45, 2.75) is 13.8 Å². The molecule has 0 aliphatic carbocycles. The van der Waals surface area contributed by atoms with Gasteiger partial charge in [0.25, 0.3) is 11.5 Å². The summed E-state index contributed by atoms with van der Waals surface area (Å²) in [5.41, 5.74) is 3.78. The molecule has 0 atom stereocenters. The topological polar surface area (TPSA) is 106 Å². The number of aromatic amines is 1. The maximum Gasteiger partial charge on any atom is 0.277 e. The van der Waals surface area contributed by atoms with Crippen molar-refractivity contribution in [3.63, 3.8) is 0 Å². The maximum absolute atomic E-state index is 12.6. The van der Waals surface area contributed by atoms with Crippen LogP contribution in [0.1, 0.15) is 21.7 Å². The maximum atomic E-state index is 12.6. The van der Waals surface area contributed by atoms with Crippen LogP contribution >= 0.6 is 0 Å². The lowest BCUT2D eigenvalue weighted by atomic mass is 10.2. The number of H-pyrrole nitrogens is 1. The Labute approximate surface area is 166 Å². The molecular weight excluding hydrogens is 368 g/mol. The zero-order chi connectivity index (χ0) is 20.4. The number of carbonyl (C=O) groups excluding carboxylic acids is 1. The number of anilines is 1. The quantitative estimate of drug-likeness (QED) is 0.561. The normalized spacial score (nSPS) is 10.7. The molecule has 0 saturated heterocycles. The fourth-order valence-electron chi connectivity index (χ4n) is 2.85. The summed E-state index contributed by atoms with van der Waals surface area (Å²) in [6.07, 6.45) is 1.57. The Morgan fingerprint density at radius 3 is 2.62 bits per heavy atom. The van der Waals surface area contributed by atoms with Crippen LogP contribution in [0.2, 0.25) is 0 Å². The highest BCUT2D eigenvalue weighted by atomic mass is 16.2. The minimum atomic E-state index is -0.383. The first-order valence-corrected chi connectivity index (χ1v) is 8.97. The van der Waals surface area contributed by atoms with Gasteiger partial charge in [-0.25, -0.2) is 9.67 Å². The van der Waals surface area contributed by atoms with Gasteiger partial charge in [-0.05, 0) is 38.1 Å². The Hall–Kier alpha value is -4.07. The molecule has 8 heteroatoms. The summed E-state index contributed by atoms with van der Waals surface area (Å²) < 4.78 is 1.55. The Bertz CT molecular complexity index is 1240. The van der Waals surface area contributed by atoms with Crippen LogP contribution < -0.4 is 10.9 Å². The third kappa shape index (κ3) is 4.11. The first-order chi connectivity index (χ1) is 14.0. The van der Waals surface area contributed by atoms with Gasteiger partial charge < -0.3 is 10.3 Å². The highest BCUT2D eigenvalue weighted by Gasteiger charge is 2.13. The van der Waals surface area contributed by atoms with Crippen molar-refractivity contribution in [1.29, 1.82) is 0 Å². The van der Waals surface area contributed by atoms with Crippen LogP contribution in [-0.4, -0.2) is 30.9 Å². The number of aromatic nitrogens is 5. The van der Waals surface area contributed by atoms with Crippen molar-refractivity contribution in [2.75, 3.05) is 5.32 Å². The van der Waals surface area contributed by atoms with Gasteiger partial charge in [-0.15, -0.1) is 5.10 Å². The summed E-state index contributed by atoms with van der Waals surface area (Å²) >= 11 is 0. The molecule has 2 N–H and O–H groups in total. The Kier molecular flexibility index (Phi) is 4.74. The van der Waals surface area contributed by atoms with E-state index in [9.17, 15) is 9.59 Å². The van der Waals surface area contributed by atoms with Gasteiger partial charge in [0.2, 0.25) is 0 Å². The van der Waals surface area contributed by atoms with Crippen LogP contribution in [-0.2, 0) is 0 Å². The molecule has 2 aromatic carbocycles. The molecule has 144 valence electrons. The van der Waals surface area contributed by atoms with E-state index in [1.54, 1.807) is 42.1 Å². The number of carbonyl (C=O) groups is 1.